The molecule has 0 aliphatic carbocycles. The molecule has 0 radical (unpaired) electrons. The number of hydrogen-bond donors (Lipinski definition) is 3. The van der Waals surface area contributed by atoms with Gasteiger partial charge in [0.1, 0.15) is 28.1 Å². The molecule has 6 nitrogen and oxygen atoms in total. The molecule has 0 amide bonds. The van der Waals surface area contributed by atoms with Gasteiger partial charge in [0.2, 0.25) is 5.43 Å². The number of benzene rings is 2. The van der Waals surface area contributed by atoms with E-state index in [1.165, 1.54) is 6.07 Å². The van der Waals surface area contributed by atoms with E-state index >= 15 is 0 Å². The van der Waals surface area contributed by atoms with Gasteiger partial charge in [-0.3, -0.25) is 4.79 Å². The summed E-state index contributed by atoms with van der Waals surface area (Å²) in [6.07, 6.45) is -1.61. The number of fused-ring (bicyclic) bond motifs is 4. The maximum atomic E-state index is 13.6. The monoisotopic (exact) mass is 422 g/mol. The lowest BCUT2D eigenvalue weighted by atomic mass is 9.85. The molecule has 0 saturated carbocycles. The van der Waals surface area contributed by atoms with Crippen molar-refractivity contribution >= 4 is 21.9 Å². The third-order valence-electron chi connectivity index (χ3n) is 6.05. The Morgan fingerprint density at radius 2 is 1.97 bits per heavy atom. The molecule has 1 aliphatic rings. The van der Waals surface area contributed by atoms with Gasteiger partial charge in [-0.1, -0.05) is 30.4 Å². The molecule has 0 saturated heterocycles. The predicted octanol–water partition coefficient (Wildman–Crippen LogP) is 4.06. The van der Waals surface area contributed by atoms with E-state index in [4.69, 9.17) is 9.15 Å². The molecule has 0 fully saturated rings. The van der Waals surface area contributed by atoms with Crippen molar-refractivity contribution in [2.24, 2.45) is 5.92 Å². The molecule has 3 N–H and O–H groups in total. The zero-order chi connectivity index (χ0) is 22.6. The Labute approximate surface area is 179 Å². The number of phenols is 1. The summed E-state index contributed by atoms with van der Waals surface area (Å²) in [4.78, 5) is 13.6. The van der Waals surface area contributed by atoms with Crippen molar-refractivity contribution < 1.29 is 24.5 Å². The first-order chi connectivity index (χ1) is 14.6. The Morgan fingerprint density at radius 3 is 2.61 bits per heavy atom. The second-order valence-electron chi connectivity index (χ2n) is 8.46. The Bertz CT molecular complexity index is 1300. The number of aryl methyl sites for hydroxylation is 1. The topological polar surface area (TPSA) is 100 Å². The highest BCUT2D eigenvalue weighted by atomic mass is 16.5. The van der Waals surface area contributed by atoms with Crippen LogP contribution in [0.1, 0.15) is 36.6 Å². The molecule has 31 heavy (non-hydrogen) atoms. The highest BCUT2D eigenvalue weighted by Gasteiger charge is 2.34. The van der Waals surface area contributed by atoms with Gasteiger partial charge in [0.05, 0.1) is 24.2 Å². The Morgan fingerprint density at radius 1 is 1.26 bits per heavy atom. The first-order valence-corrected chi connectivity index (χ1v) is 10.2. The molecule has 0 spiro atoms. The maximum absolute atomic E-state index is 13.6. The number of rotatable bonds is 4. The summed E-state index contributed by atoms with van der Waals surface area (Å²) >= 11 is 0. The van der Waals surface area contributed by atoms with Gasteiger partial charge >= 0.3 is 0 Å². The number of ether oxygens (including phenoxy) is 1. The van der Waals surface area contributed by atoms with Crippen molar-refractivity contribution in [2.75, 3.05) is 6.61 Å². The summed E-state index contributed by atoms with van der Waals surface area (Å²) < 4.78 is 12.0. The molecule has 2 aromatic carbocycles. The van der Waals surface area contributed by atoms with Crippen molar-refractivity contribution in [3.63, 3.8) is 0 Å². The highest BCUT2D eigenvalue weighted by Crippen LogP contribution is 2.44. The molecule has 2 heterocycles. The zero-order valence-corrected chi connectivity index (χ0v) is 17.9. The standard InChI is InChI=1S/C25H26O6/c1-11(2)15-10-30-24-13(5)8-18-20(21(24)22(15)28)23(29)19-16(26)7-6-14(25(19)31-18)9-17(27)12(3)4/h6-8,15,17,22,26-28H,1,3,9-10H2,2,4-5H3/t15-,17+,22-/m0/s1. The lowest BCUT2D eigenvalue weighted by Crippen LogP contribution is -2.28. The molecule has 0 unspecified atom stereocenters. The minimum atomic E-state index is -0.987. The van der Waals surface area contributed by atoms with Crippen molar-refractivity contribution in [3.05, 3.63) is 69.4 Å². The fourth-order valence-electron chi connectivity index (χ4n) is 4.19. The van der Waals surface area contributed by atoms with Crippen LogP contribution in [0, 0.1) is 12.8 Å². The average Bonchev–Trinajstić information content (AvgIpc) is 2.69. The molecule has 3 aromatic rings. The molecule has 0 bridgehead atoms. The molecule has 1 aromatic heterocycles. The van der Waals surface area contributed by atoms with Gasteiger partial charge in [-0.15, -0.1) is 0 Å². The SMILES string of the molecule is C=C(C)[C@H](O)Cc1ccc(O)c2c(=O)c3c4c(c(C)cc3oc12)OC[C@@H](C(=C)C)[C@@H]4O. The van der Waals surface area contributed by atoms with Crippen LogP contribution in [0.4, 0.5) is 0 Å². The van der Waals surface area contributed by atoms with Gasteiger partial charge in [-0.25, -0.2) is 0 Å². The Kier molecular flexibility index (Phi) is 5.15. The molecule has 6 heteroatoms. The van der Waals surface area contributed by atoms with Crippen LogP contribution >= 0.6 is 0 Å². The van der Waals surface area contributed by atoms with Crippen LogP contribution in [0.3, 0.4) is 0 Å². The van der Waals surface area contributed by atoms with E-state index in [0.717, 1.165) is 11.1 Å². The van der Waals surface area contributed by atoms with E-state index in [1.54, 1.807) is 19.1 Å². The third-order valence-corrected chi connectivity index (χ3v) is 6.05. The number of phenolic OH excluding ortho intramolecular Hbond substituents is 1. The van der Waals surface area contributed by atoms with E-state index in [1.807, 2.05) is 13.8 Å². The minimum Gasteiger partial charge on any atom is -0.507 e. The van der Waals surface area contributed by atoms with Crippen LogP contribution in [-0.2, 0) is 6.42 Å². The van der Waals surface area contributed by atoms with Crippen molar-refractivity contribution in [2.45, 2.75) is 39.4 Å². The summed E-state index contributed by atoms with van der Waals surface area (Å²) in [6, 6.07) is 4.74. The second kappa shape index (κ2) is 7.55. The normalized spacial score (nSPS) is 19.1. The number of aliphatic hydroxyl groups excluding tert-OH is 2. The number of aliphatic hydroxyl groups is 2. The van der Waals surface area contributed by atoms with E-state index in [-0.39, 0.29) is 46.6 Å². The predicted molar refractivity (Wildman–Crippen MR) is 120 cm³/mol. The molecule has 3 atom stereocenters. The number of hydrogen-bond acceptors (Lipinski definition) is 6. The average molecular weight is 422 g/mol. The van der Waals surface area contributed by atoms with Gasteiger partial charge < -0.3 is 24.5 Å². The van der Waals surface area contributed by atoms with Crippen LogP contribution in [0.2, 0.25) is 0 Å². The van der Waals surface area contributed by atoms with Crippen LogP contribution in [0.25, 0.3) is 21.9 Å². The van der Waals surface area contributed by atoms with Gasteiger partial charge in [0, 0.05) is 17.9 Å². The van der Waals surface area contributed by atoms with E-state index in [0.29, 0.717) is 22.4 Å². The molecular formula is C25H26O6. The molecule has 1 aliphatic heterocycles. The second-order valence-corrected chi connectivity index (χ2v) is 8.46. The van der Waals surface area contributed by atoms with Crippen molar-refractivity contribution in [3.8, 4) is 11.5 Å². The van der Waals surface area contributed by atoms with Crippen molar-refractivity contribution in [1.82, 2.24) is 0 Å². The summed E-state index contributed by atoms with van der Waals surface area (Å²) in [5.74, 6) is -0.132. The van der Waals surface area contributed by atoms with Crippen molar-refractivity contribution in [1.29, 1.82) is 0 Å². The molecular weight excluding hydrogens is 396 g/mol. The minimum absolute atomic E-state index is 0.00890. The Hall–Kier alpha value is -3.09. The van der Waals surface area contributed by atoms with Gasteiger partial charge in [0.25, 0.3) is 0 Å². The first kappa shape index (κ1) is 21.2. The fourth-order valence-corrected chi connectivity index (χ4v) is 4.19. The summed E-state index contributed by atoms with van der Waals surface area (Å²) in [5.41, 5.74) is 3.04. The smallest absolute Gasteiger partial charge is 0.204 e. The summed E-state index contributed by atoms with van der Waals surface area (Å²) in [5, 5.41) is 32.0. The van der Waals surface area contributed by atoms with Gasteiger partial charge in [0.15, 0.2) is 0 Å². The maximum Gasteiger partial charge on any atom is 0.204 e. The summed E-state index contributed by atoms with van der Waals surface area (Å²) in [7, 11) is 0. The fraction of sp³-hybridized carbons (Fsp3) is 0.320. The lowest BCUT2D eigenvalue weighted by molar-refractivity contribution is 0.0701. The Balaban J connectivity index is 2.07. The van der Waals surface area contributed by atoms with Crippen LogP contribution in [0.5, 0.6) is 11.5 Å². The van der Waals surface area contributed by atoms with Gasteiger partial charge in [-0.05, 0) is 44.0 Å². The molecule has 162 valence electrons. The lowest BCUT2D eigenvalue weighted by Gasteiger charge is -2.32. The first-order valence-electron chi connectivity index (χ1n) is 10.2. The quantitative estimate of drug-likeness (QED) is 0.433. The van der Waals surface area contributed by atoms with E-state index < -0.39 is 17.6 Å². The largest absolute Gasteiger partial charge is 0.507 e. The van der Waals surface area contributed by atoms with Crippen LogP contribution in [-0.4, -0.2) is 28.0 Å². The number of aromatic hydroxyl groups is 1. The zero-order valence-electron chi connectivity index (χ0n) is 17.9. The van der Waals surface area contributed by atoms with E-state index in [2.05, 4.69) is 13.2 Å². The molecule has 4 rings (SSSR count). The van der Waals surface area contributed by atoms with Crippen LogP contribution in [0.15, 0.2) is 51.7 Å². The highest BCUT2D eigenvalue weighted by molar-refractivity contribution is 5.97. The van der Waals surface area contributed by atoms with Gasteiger partial charge in [-0.2, -0.15) is 0 Å². The third kappa shape index (κ3) is 3.32. The van der Waals surface area contributed by atoms with Crippen LogP contribution < -0.4 is 10.2 Å². The van der Waals surface area contributed by atoms with E-state index in [9.17, 15) is 20.1 Å². The summed E-state index contributed by atoms with van der Waals surface area (Å²) in [6.45, 7) is 13.3.